The lowest BCUT2D eigenvalue weighted by molar-refractivity contribution is 0.412. The summed E-state index contributed by atoms with van der Waals surface area (Å²) in [6.07, 6.45) is 1.89. The molecule has 2 N–H and O–H groups in total. The Morgan fingerprint density at radius 1 is 0.487 bits per heavy atom. The fraction of sp³-hybridized carbons (Fsp3) is 0.368. The van der Waals surface area contributed by atoms with E-state index in [0.29, 0.717) is 0 Å². The van der Waals surface area contributed by atoms with Crippen molar-refractivity contribution in [2.75, 3.05) is 0 Å². The van der Waals surface area contributed by atoms with Gasteiger partial charge in [-0.2, -0.15) is 0 Å². The van der Waals surface area contributed by atoms with Gasteiger partial charge >= 0.3 is 0 Å². The van der Waals surface area contributed by atoms with Crippen molar-refractivity contribution in [3.63, 3.8) is 0 Å². The molecule has 0 aromatic heterocycles. The predicted molar refractivity (Wildman–Crippen MR) is 166 cm³/mol. The average molecular weight is 512 g/mol. The molecule has 1 nitrogen and oxygen atoms in total. The first kappa shape index (κ1) is 24.9. The third kappa shape index (κ3) is 2.95. The molecule has 0 bridgehead atoms. The standard InChI is InChI=1S/C38H41N/c1-9-38(39,10-2)22-15-16-24-26-19-34-28(21-32(26)36(5,6)30(24)17-22)27-20-31-25(18-33(27)37(34,7)8)23-13-11-12-14-29(23)35(31,3)4/h11-21H,9-10,39H2,1-8H3. The van der Waals surface area contributed by atoms with Crippen LogP contribution in [0.3, 0.4) is 0 Å². The van der Waals surface area contributed by atoms with E-state index in [1.165, 1.54) is 72.3 Å². The molecule has 0 saturated heterocycles. The average Bonchev–Trinajstić information content (AvgIpc) is 3.40. The van der Waals surface area contributed by atoms with Crippen LogP contribution in [0.15, 0.2) is 66.7 Å². The molecule has 7 rings (SSSR count). The summed E-state index contributed by atoms with van der Waals surface area (Å²) in [5, 5.41) is 0. The van der Waals surface area contributed by atoms with E-state index < -0.39 is 0 Å². The quantitative estimate of drug-likeness (QED) is 0.291. The van der Waals surface area contributed by atoms with Crippen molar-refractivity contribution in [2.45, 2.75) is 90.0 Å². The van der Waals surface area contributed by atoms with Gasteiger partial charge in [-0.25, -0.2) is 0 Å². The SMILES string of the molecule is CCC(N)(CC)c1ccc2c(c1)C(C)(C)c1cc3c(cc1-2)C(C)(C)c1cc2c(cc1-3)C(C)(C)c1ccccc1-2. The van der Waals surface area contributed by atoms with E-state index in [-0.39, 0.29) is 21.8 Å². The zero-order chi connectivity index (χ0) is 27.7. The van der Waals surface area contributed by atoms with Crippen molar-refractivity contribution in [3.8, 4) is 33.4 Å². The third-order valence-electron chi connectivity index (χ3n) is 11.0. The van der Waals surface area contributed by atoms with E-state index in [9.17, 15) is 0 Å². The Balaban J connectivity index is 1.44. The van der Waals surface area contributed by atoms with Crippen LogP contribution >= 0.6 is 0 Å². The summed E-state index contributed by atoms with van der Waals surface area (Å²) in [6.45, 7) is 18.8. The minimum atomic E-state index is -0.271. The molecular formula is C38H41N. The first-order valence-corrected chi connectivity index (χ1v) is 14.8. The molecule has 198 valence electrons. The van der Waals surface area contributed by atoms with Crippen LogP contribution < -0.4 is 5.73 Å². The number of benzene rings is 4. The van der Waals surface area contributed by atoms with E-state index in [2.05, 4.69) is 122 Å². The van der Waals surface area contributed by atoms with E-state index in [1.807, 2.05) is 0 Å². The molecule has 3 aliphatic rings. The van der Waals surface area contributed by atoms with Crippen molar-refractivity contribution < 1.29 is 0 Å². The molecule has 0 saturated carbocycles. The van der Waals surface area contributed by atoms with Gasteiger partial charge < -0.3 is 5.73 Å². The van der Waals surface area contributed by atoms with Gasteiger partial charge in [0, 0.05) is 21.8 Å². The van der Waals surface area contributed by atoms with Gasteiger partial charge in [-0.3, -0.25) is 0 Å². The van der Waals surface area contributed by atoms with Gasteiger partial charge in [0.2, 0.25) is 0 Å². The lowest BCUT2D eigenvalue weighted by Crippen LogP contribution is -2.35. The lowest BCUT2D eigenvalue weighted by Gasteiger charge is -2.29. The van der Waals surface area contributed by atoms with Crippen LogP contribution in [0.2, 0.25) is 0 Å². The second-order valence-electron chi connectivity index (χ2n) is 13.9. The first-order valence-electron chi connectivity index (χ1n) is 14.8. The van der Waals surface area contributed by atoms with Crippen LogP contribution in [0, 0.1) is 0 Å². The molecule has 4 aromatic carbocycles. The highest BCUT2D eigenvalue weighted by molar-refractivity contribution is 5.93. The highest BCUT2D eigenvalue weighted by atomic mass is 14.7. The smallest absolute Gasteiger partial charge is 0.0404 e. The van der Waals surface area contributed by atoms with Crippen LogP contribution in [0.25, 0.3) is 33.4 Å². The Morgan fingerprint density at radius 2 is 0.872 bits per heavy atom. The van der Waals surface area contributed by atoms with Crippen molar-refractivity contribution in [2.24, 2.45) is 5.73 Å². The van der Waals surface area contributed by atoms with Gasteiger partial charge in [0.15, 0.2) is 0 Å². The molecule has 0 aliphatic heterocycles. The van der Waals surface area contributed by atoms with Crippen LogP contribution in [-0.4, -0.2) is 0 Å². The number of nitrogens with two attached hydrogens (primary N) is 1. The summed E-state index contributed by atoms with van der Waals surface area (Å²) in [5.74, 6) is 0. The van der Waals surface area contributed by atoms with Crippen LogP contribution in [0.4, 0.5) is 0 Å². The van der Waals surface area contributed by atoms with E-state index in [0.717, 1.165) is 12.8 Å². The summed E-state index contributed by atoms with van der Waals surface area (Å²) in [5.41, 5.74) is 24.8. The Morgan fingerprint density at radius 3 is 1.36 bits per heavy atom. The summed E-state index contributed by atoms with van der Waals surface area (Å²) in [6, 6.07) is 26.1. The Bertz CT molecular complexity index is 1710. The molecule has 4 aromatic rings. The number of fused-ring (bicyclic) bond motifs is 9. The Kier molecular flexibility index (Phi) is 4.79. The summed E-state index contributed by atoms with van der Waals surface area (Å²) >= 11 is 0. The van der Waals surface area contributed by atoms with Gasteiger partial charge in [0.05, 0.1) is 0 Å². The van der Waals surface area contributed by atoms with Gasteiger partial charge in [-0.15, -0.1) is 0 Å². The highest BCUT2D eigenvalue weighted by Gasteiger charge is 2.44. The maximum absolute atomic E-state index is 6.87. The molecule has 0 fully saturated rings. The second kappa shape index (κ2) is 7.52. The minimum Gasteiger partial charge on any atom is -0.321 e. The third-order valence-corrected chi connectivity index (χ3v) is 11.0. The van der Waals surface area contributed by atoms with Crippen molar-refractivity contribution in [1.82, 2.24) is 0 Å². The van der Waals surface area contributed by atoms with Gasteiger partial charge in [-0.1, -0.05) is 97.9 Å². The molecule has 0 radical (unpaired) electrons. The molecule has 0 spiro atoms. The molecule has 0 amide bonds. The van der Waals surface area contributed by atoms with Crippen molar-refractivity contribution in [1.29, 1.82) is 0 Å². The summed E-state index contributed by atoms with van der Waals surface area (Å²) in [4.78, 5) is 0. The van der Waals surface area contributed by atoms with Crippen LogP contribution in [0.1, 0.15) is 107 Å². The molecule has 39 heavy (non-hydrogen) atoms. The maximum atomic E-state index is 6.87. The van der Waals surface area contributed by atoms with Gasteiger partial charge in [0.1, 0.15) is 0 Å². The molecule has 3 aliphatic carbocycles. The molecule has 1 heteroatoms. The monoisotopic (exact) mass is 511 g/mol. The summed E-state index contributed by atoms with van der Waals surface area (Å²) in [7, 11) is 0. The van der Waals surface area contributed by atoms with E-state index in [1.54, 1.807) is 0 Å². The molecular weight excluding hydrogens is 470 g/mol. The van der Waals surface area contributed by atoms with Crippen molar-refractivity contribution in [3.05, 3.63) is 106 Å². The zero-order valence-corrected chi connectivity index (χ0v) is 24.8. The molecule has 0 unspecified atom stereocenters. The molecule has 0 heterocycles. The predicted octanol–water partition coefficient (Wildman–Crippen LogP) is 9.58. The largest absolute Gasteiger partial charge is 0.321 e. The lowest BCUT2D eigenvalue weighted by atomic mass is 9.78. The van der Waals surface area contributed by atoms with Crippen molar-refractivity contribution >= 4 is 0 Å². The number of hydrogen-bond donors (Lipinski definition) is 1. The number of hydrogen-bond acceptors (Lipinski definition) is 1. The normalized spacial score (nSPS) is 18.2. The van der Waals surface area contributed by atoms with E-state index >= 15 is 0 Å². The fourth-order valence-electron chi connectivity index (χ4n) is 8.12. The maximum Gasteiger partial charge on any atom is 0.0404 e. The van der Waals surface area contributed by atoms with Crippen LogP contribution in [0.5, 0.6) is 0 Å². The summed E-state index contributed by atoms with van der Waals surface area (Å²) < 4.78 is 0. The molecule has 0 atom stereocenters. The van der Waals surface area contributed by atoms with Gasteiger partial charge in [0.25, 0.3) is 0 Å². The van der Waals surface area contributed by atoms with E-state index in [4.69, 9.17) is 5.73 Å². The minimum absolute atomic E-state index is 0.00374. The number of rotatable bonds is 3. The van der Waals surface area contributed by atoms with Crippen LogP contribution in [-0.2, 0) is 21.8 Å². The van der Waals surface area contributed by atoms with Gasteiger partial charge in [-0.05, 0) is 109 Å². The fourth-order valence-corrected chi connectivity index (χ4v) is 8.12. The zero-order valence-electron chi connectivity index (χ0n) is 24.8. The Hall–Kier alpha value is -3.16. The highest BCUT2D eigenvalue weighted by Crippen LogP contribution is 2.59. The second-order valence-corrected chi connectivity index (χ2v) is 13.9. The Labute approximate surface area is 234 Å². The topological polar surface area (TPSA) is 26.0 Å². The first-order chi connectivity index (χ1) is 18.4.